The van der Waals surface area contributed by atoms with Crippen LogP contribution in [0.4, 0.5) is 32.3 Å². The first-order valence-electron chi connectivity index (χ1n) is 14.3. The van der Waals surface area contributed by atoms with Crippen LogP contribution >= 0.6 is 0 Å². The van der Waals surface area contributed by atoms with Crippen molar-refractivity contribution in [2.24, 2.45) is 0 Å². The van der Waals surface area contributed by atoms with Crippen molar-refractivity contribution in [2.45, 2.75) is 51.1 Å². The normalized spacial score (nSPS) is 16.9. The predicted octanol–water partition coefficient (Wildman–Crippen LogP) is 6.44. The maximum atomic E-state index is 14.2. The van der Waals surface area contributed by atoms with Gasteiger partial charge in [-0.25, -0.2) is 4.98 Å². The highest BCUT2D eigenvalue weighted by Gasteiger charge is 2.38. The quantitative estimate of drug-likeness (QED) is 0.306. The molecule has 3 aromatic rings. The first-order chi connectivity index (χ1) is 20.7. The average molecular weight is 622 g/mol. The number of carbonyl (C=O) groups excluding carboxylic acids is 1. The van der Waals surface area contributed by atoms with Gasteiger partial charge in [0.2, 0.25) is 11.8 Å². The third-order valence-corrected chi connectivity index (χ3v) is 8.07. The largest absolute Gasteiger partial charge is 0.477 e. The number of aryl methyl sites for hydroxylation is 1. The third-order valence-electron chi connectivity index (χ3n) is 8.07. The lowest BCUT2D eigenvalue weighted by molar-refractivity contribution is -0.143. The Balaban J connectivity index is 1.58. The van der Waals surface area contributed by atoms with Gasteiger partial charge in [-0.1, -0.05) is 24.3 Å². The van der Waals surface area contributed by atoms with Crippen molar-refractivity contribution < 1.29 is 35.9 Å². The van der Waals surface area contributed by atoms with Gasteiger partial charge >= 0.3 is 12.4 Å². The molecule has 13 heteroatoms. The number of alkyl halides is 6. The van der Waals surface area contributed by atoms with E-state index in [-0.39, 0.29) is 36.2 Å². The van der Waals surface area contributed by atoms with Crippen LogP contribution in [0.5, 0.6) is 5.88 Å². The first kappa shape index (κ1) is 31.6. The molecule has 0 unspecified atom stereocenters. The minimum atomic E-state index is -5.00. The van der Waals surface area contributed by atoms with Gasteiger partial charge in [-0.15, -0.1) is 0 Å². The number of carbonyl (C=O) groups is 1. The minimum absolute atomic E-state index is 0.0222. The molecule has 0 saturated carbocycles. The summed E-state index contributed by atoms with van der Waals surface area (Å²) in [7, 11) is 4.07. The van der Waals surface area contributed by atoms with E-state index in [1.54, 1.807) is 12.1 Å². The predicted molar refractivity (Wildman–Crippen MR) is 152 cm³/mol. The molecule has 3 heterocycles. The van der Waals surface area contributed by atoms with Crippen LogP contribution in [-0.2, 0) is 18.9 Å². The Labute approximate surface area is 251 Å². The van der Waals surface area contributed by atoms with E-state index in [2.05, 4.69) is 9.88 Å². The number of benzene rings is 2. The zero-order valence-electron chi connectivity index (χ0n) is 24.6. The van der Waals surface area contributed by atoms with Gasteiger partial charge in [0, 0.05) is 37.8 Å². The second-order valence-corrected chi connectivity index (χ2v) is 11.4. The Morgan fingerprint density at radius 2 is 1.57 bits per heavy atom. The molecule has 0 spiro atoms. The maximum absolute atomic E-state index is 14.2. The second-order valence-electron chi connectivity index (χ2n) is 11.4. The molecule has 1 aromatic heterocycles. The summed E-state index contributed by atoms with van der Waals surface area (Å²) in [4.78, 5) is 29.1. The van der Waals surface area contributed by atoms with E-state index in [1.165, 1.54) is 4.90 Å². The topological polar surface area (TPSA) is 61.8 Å². The van der Waals surface area contributed by atoms with E-state index in [4.69, 9.17) is 9.72 Å². The number of fused-ring (bicyclic) bond motifs is 1. The number of ether oxygens (including phenoxy) is 1. The highest BCUT2D eigenvalue weighted by Crippen LogP contribution is 2.38. The van der Waals surface area contributed by atoms with Crippen LogP contribution in [0.25, 0.3) is 11.3 Å². The van der Waals surface area contributed by atoms with Crippen molar-refractivity contribution in [2.75, 3.05) is 45.2 Å². The lowest BCUT2D eigenvalue weighted by Crippen LogP contribution is -2.43. The Morgan fingerprint density at radius 3 is 2.16 bits per heavy atom. The monoisotopic (exact) mass is 621 g/mol. The summed E-state index contributed by atoms with van der Waals surface area (Å²) in [6.07, 6.45) is -7.93. The smallest absolute Gasteiger partial charge is 0.416 e. The molecular formula is C31H33F6N5O2. The van der Waals surface area contributed by atoms with Gasteiger partial charge in [0.15, 0.2) is 0 Å². The van der Waals surface area contributed by atoms with Crippen LogP contribution in [0.2, 0.25) is 0 Å². The van der Waals surface area contributed by atoms with Gasteiger partial charge in [0.1, 0.15) is 5.56 Å². The van der Waals surface area contributed by atoms with Crippen LogP contribution < -0.4 is 9.64 Å². The Bertz CT molecular complexity index is 1480. The number of nitrogens with zero attached hydrogens (tertiary/aromatic N) is 5. The SMILES string of the molecule is Cc1ccccc1-c1nc(N2CCC(N(C)C)CC2)nc2c1C(=O)N(Cc1cc(C(F)(F)F)cc(C(F)(F)F)c1)CCCO2. The highest BCUT2D eigenvalue weighted by atomic mass is 19.4. The molecule has 1 fully saturated rings. The molecule has 0 N–H and O–H groups in total. The van der Waals surface area contributed by atoms with Gasteiger partial charge in [-0.3, -0.25) is 4.79 Å². The van der Waals surface area contributed by atoms with Crippen molar-refractivity contribution in [1.29, 1.82) is 0 Å². The molecule has 0 bridgehead atoms. The van der Waals surface area contributed by atoms with E-state index in [0.717, 1.165) is 18.4 Å². The molecular weight excluding hydrogens is 588 g/mol. The number of anilines is 1. The molecule has 1 saturated heterocycles. The van der Waals surface area contributed by atoms with E-state index in [9.17, 15) is 31.1 Å². The number of piperidine rings is 1. The van der Waals surface area contributed by atoms with Gasteiger partial charge in [-0.05, 0) is 69.6 Å². The van der Waals surface area contributed by atoms with Crippen LogP contribution in [-0.4, -0.2) is 72.1 Å². The molecule has 5 rings (SSSR count). The lowest BCUT2D eigenvalue weighted by Gasteiger charge is -2.35. The van der Waals surface area contributed by atoms with Crippen LogP contribution in [0.1, 0.15) is 51.9 Å². The van der Waals surface area contributed by atoms with E-state index in [1.807, 2.05) is 38.1 Å². The van der Waals surface area contributed by atoms with E-state index >= 15 is 0 Å². The average Bonchev–Trinajstić information content (AvgIpc) is 2.96. The third kappa shape index (κ3) is 6.77. The minimum Gasteiger partial charge on any atom is -0.477 e. The van der Waals surface area contributed by atoms with Crippen molar-refractivity contribution in [3.63, 3.8) is 0 Å². The Kier molecular flexibility index (Phi) is 8.79. The highest BCUT2D eigenvalue weighted by molar-refractivity contribution is 6.02. The molecule has 7 nitrogen and oxygen atoms in total. The number of aromatic nitrogens is 2. The van der Waals surface area contributed by atoms with Gasteiger partial charge in [-0.2, -0.15) is 31.3 Å². The summed E-state index contributed by atoms with van der Waals surface area (Å²) >= 11 is 0. The number of amides is 1. The molecule has 2 aliphatic rings. The lowest BCUT2D eigenvalue weighted by atomic mass is 9.99. The van der Waals surface area contributed by atoms with E-state index in [0.29, 0.717) is 54.9 Å². The van der Waals surface area contributed by atoms with Gasteiger partial charge in [0.05, 0.1) is 23.4 Å². The second kappa shape index (κ2) is 12.3. The van der Waals surface area contributed by atoms with Crippen molar-refractivity contribution >= 4 is 11.9 Å². The zero-order chi connectivity index (χ0) is 31.8. The standard InChI is InChI=1S/C31H33F6N5O2/c1-19-7-4-5-8-24(19)26-25-27(39-29(38-26)41-12-9-23(10-13-41)40(2)3)44-14-6-11-42(28(25)43)18-20-15-21(30(32,33)34)17-22(16-20)31(35,36)37/h4-5,7-8,15-17,23H,6,9-14,18H2,1-3H3. The number of hydrogen-bond acceptors (Lipinski definition) is 6. The first-order valence-corrected chi connectivity index (χ1v) is 14.3. The molecule has 2 aliphatic heterocycles. The Morgan fingerprint density at radius 1 is 0.932 bits per heavy atom. The fourth-order valence-corrected chi connectivity index (χ4v) is 5.65. The van der Waals surface area contributed by atoms with Crippen molar-refractivity contribution in [3.05, 3.63) is 70.3 Å². The van der Waals surface area contributed by atoms with Crippen LogP contribution in [0, 0.1) is 6.92 Å². The molecule has 0 radical (unpaired) electrons. The molecule has 0 aliphatic carbocycles. The number of halogens is 6. The van der Waals surface area contributed by atoms with Crippen molar-refractivity contribution in [3.8, 4) is 17.1 Å². The molecule has 0 atom stereocenters. The van der Waals surface area contributed by atoms with Crippen molar-refractivity contribution in [1.82, 2.24) is 19.8 Å². The van der Waals surface area contributed by atoms with Gasteiger partial charge < -0.3 is 19.4 Å². The molecule has 44 heavy (non-hydrogen) atoms. The maximum Gasteiger partial charge on any atom is 0.416 e. The summed E-state index contributed by atoms with van der Waals surface area (Å²) in [6, 6.07) is 9.09. The summed E-state index contributed by atoms with van der Waals surface area (Å²) in [6.45, 7) is 2.94. The fraction of sp³-hybridized carbons (Fsp3) is 0.452. The van der Waals surface area contributed by atoms with Crippen LogP contribution in [0.3, 0.4) is 0 Å². The zero-order valence-corrected chi connectivity index (χ0v) is 24.6. The molecule has 1 amide bonds. The van der Waals surface area contributed by atoms with Gasteiger partial charge in [0.25, 0.3) is 5.91 Å². The summed E-state index contributed by atoms with van der Waals surface area (Å²) in [5.41, 5.74) is -1.37. The summed E-state index contributed by atoms with van der Waals surface area (Å²) in [5.74, 6) is -0.202. The number of hydrogen-bond donors (Lipinski definition) is 0. The Hall–Kier alpha value is -3.87. The van der Waals surface area contributed by atoms with Crippen LogP contribution in [0.15, 0.2) is 42.5 Å². The molecule has 2 aromatic carbocycles. The van der Waals surface area contributed by atoms with E-state index < -0.39 is 35.9 Å². The summed E-state index contributed by atoms with van der Waals surface area (Å²) in [5, 5.41) is 0. The fourth-order valence-electron chi connectivity index (χ4n) is 5.65. The number of rotatable bonds is 5. The summed E-state index contributed by atoms with van der Waals surface area (Å²) < 4.78 is 87.3. The molecule has 236 valence electrons.